The summed E-state index contributed by atoms with van der Waals surface area (Å²) in [6.45, 7) is 3.75. The molecule has 0 atom stereocenters. The van der Waals surface area contributed by atoms with E-state index >= 15 is 0 Å². The van der Waals surface area contributed by atoms with Crippen LogP contribution in [0.4, 0.5) is 0 Å². The highest BCUT2D eigenvalue weighted by Crippen LogP contribution is 2.04. The average Bonchev–Trinajstić information content (AvgIpc) is 1.90. The predicted molar refractivity (Wildman–Crippen MR) is 40.5 cm³/mol. The highest BCUT2D eigenvalue weighted by molar-refractivity contribution is 6.17. The zero-order valence-corrected chi connectivity index (χ0v) is 5.86. The van der Waals surface area contributed by atoms with Gasteiger partial charge in [-0.2, -0.15) is 0 Å². The second kappa shape index (κ2) is 2.88. The lowest BCUT2D eigenvalue weighted by Gasteiger charge is -1.93. The smallest absolute Gasteiger partial charge is 0.0474 e. The Morgan fingerprint density at radius 2 is 1.78 bits per heavy atom. The van der Waals surface area contributed by atoms with Crippen LogP contribution in [0.1, 0.15) is 11.1 Å². The van der Waals surface area contributed by atoms with Gasteiger partial charge in [-0.15, -0.1) is 11.6 Å². The van der Waals surface area contributed by atoms with Gasteiger partial charge in [-0.25, -0.2) is 0 Å². The number of alkyl halides is 1. The van der Waals surface area contributed by atoms with Crippen molar-refractivity contribution in [3.63, 3.8) is 0 Å². The number of halogens is 1. The molecule has 0 fully saturated rings. The van der Waals surface area contributed by atoms with Crippen LogP contribution in [0.15, 0.2) is 24.3 Å². The Balaban J connectivity index is 2.88. The molecule has 0 aromatic heterocycles. The molecule has 0 aliphatic rings. The lowest BCUT2D eigenvalue weighted by atomic mass is 10.2. The Kier molecular flexibility index (Phi) is 2.12. The minimum Gasteiger partial charge on any atom is -0.122 e. The highest BCUT2D eigenvalue weighted by atomic mass is 35.5. The summed E-state index contributed by atoms with van der Waals surface area (Å²) < 4.78 is 0. The van der Waals surface area contributed by atoms with Gasteiger partial charge in [-0.05, 0) is 18.1 Å². The van der Waals surface area contributed by atoms with Gasteiger partial charge in [0.1, 0.15) is 0 Å². The summed E-state index contributed by atoms with van der Waals surface area (Å²) in [5.41, 5.74) is 2.17. The van der Waals surface area contributed by atoms with Crippen LogP contribution in [0, 0.1) is 6.92 Å². The first-order chi connectivity index (χ1) is 4.33. The van der Waals surface area contributed by atoms with Gasteiger partial charge in [0.05, 0.1) is 0 Å². The molecule has 1 rings (SSSR count). The van der Waals surface area contributed by atoms with Crippen LogP contribution in [-0.2, 0) is 5.88 Å². The minimum atomic E-state index is 0.584. The molecule has 9 heavy (non-hydrogen) atoms. The maximum Gasteiger partial charge on any atom is 0.0474 e. The zero-order chi connectivity index (χ0) is 6.69. The van der Waals surface area contributed by atoms with Crippen molar-refractivity contribution in [1.82, 2.24) is 0 Å². The van der Waals surface area contributed by atoms with Gasteiger partial charge in [0.2, 0.25) is 0 Å². The molecule has 1 heteroatoms. The second-order valence-corrected chi connectivity index (χ2v) is 2.22. The van der Waals surface area contributed by atoms with Crippen molar-refractivity contribution in [3.8, 4) is 0 Å². The van der Waals surface area contributed by atoms with Crippen LogP contribution in [-0.4, -0.2) is 0 Å². The van der Waals surface area contributed by atoms with E-state index in [4.69, 9.17) is 11.6 Å². The van der Waals surface area contributed by atoms with Gasteiger partial charge < -0.3 is 0 Å². The Morgan fingerprint density at radius 1 is 1.22 bits per heavy atom. The summed E-state index contributed by atoms with van der Waals surface area (Å²) in [5, 5.41) is 0. The molecule has 0 aliphatic carbocycles. The standard InChI is InChI=1S/C8H8Cl/c1-7-2-4-8(6-9)5-3-7/h2-5H,1,6H2. The Hall–Kier alpha value is -0.490. The molecule has 0 heterocycles. The minimum absolute atomic E-state index is 0.584. The average molecular weight is 140 g/mol. The van der Waals surface area contributed by atoms with E-state index in [9.17, 15) is 0 Å². The van der Waals surface area contributed by atoms with E-state index in [1.54, 1.807) is 0 Å². The number of rotatable bonds is 1. The van der Waals surface area contributed by atoms with E-state index in [1.165, 1.54) is 0 Å². The van der Waals surface area contributed by atoms with Gasteiger partial charge >= 0.3 is 0 Å². The SMILES string of the molecule is [CH2]c1ccc(CCl)cc1. The van der Waals surface area contributed by atoms with Crippen LogP contribution in [0.3, 0.4) is 0 Å². The largest absolute Gasteiger partial charge is 0.122 e. The van der Waals surface area contributed by atoms with E-state index in [1.807, 2.05) is 24.3 Å². The first-order valence-electron chi connectivity index (χ1n) is 2.80. The molecular weight excluding hydrogens is 132 g/mol. The van der Waals surface area contributed by atoms with Crippen LogP contribution in [0.25, 0.3) is 0 Å². The topological polar surface area (TPSA) is 0 Å². The lowest BCUT2D eigenvalue weighted by molar-refractivity contribution is 1.39. The molecule has 0 amide bonds. The normalized spacial score (nSPS) is 9.56. The quantitative estimate of drug-likeness (QED) is 0.525. The van der Waals surface area contributed by atoms with Crippen molar-refractivity contribution in [2.75, 3.05) is 0 Å². The van der Waals surface area contributed by atoms with Crippen molar-refractivity contribution in [2.45, 2.75) is 5.88 Å². The number of hydrogen-bond acceptors (Lipinski definition) is 0. The molecule has 47 valence electrons. The molecule has 1 radical (unpaired) electrons. The molecule has 0 unspecified atom stereocenters. The Morgan fingerprint density at radius 3 is 2.22 bits per heavy atom. The highest BCUT2D eigenvalue weighted by Gasteiger charge is 1.86. The zero-order valence-electron chi connectivity index (χ0n) is 5.10. The molecule has 0 nitrogen and oxygen atoms in total. The van der Waals surface area contributed by atoms with Crippen molar-refractivity contribution >= 4 is 11.6 Å². The molecule has 0 aliphatic heterocycles. The fraction of sp³-hybridized carbons (Fsp3) is 0.125. The third-order valence-electron chi connectivity index (χ3n) is 1.18. The first kappa shape index (κ1) is 6.63. The number of hydrogen-bond donors (Lipinski definition) is 0. The monoisotopic (exact) mass is 139 g/mol. The second-order valence-electron chi connectivity index (χ2n) is 1.95. The number of benzene rings is 1. The van der Waals surface area contributed by atoms with E-state index in [-0.39, 0.29) is 0 Å². The summed E-state index contributed by atoms with van der Waals surface area (Å²) in [4.78, 5) is 0. The van der Waals surface area contributed by atoms with Crippen molar-refractivity contribution < 1.29 is 0 Å². The summed E-state index contributed by atoms with van der Waals surface area (Å²) in [6, 6.07) is 7.88. The van der Waals surface area contributed by atoms with Crippen LogP contribution in [0.5, 0.6) is 0 Å². The van der Waals surface area contributed by atoms with E-state index < -0.39 is 0 Å². The van der Waals surface area contributed by atoms with Crippen molar-refractivity contribution in [3.05, 3.63) is 42.3 Å². The van der Waals surface area contributed by atoms with Crippen LogP contribution in [0.2, 0.25) is 0 Å². The summed E-state index contributed by atoms with van der Waals surface area (Å²) in [7, 11) is 0. The van der Waals surface area contributed by atoms with E-state index in [0.717, 1.165) is 11.1 Å². The Labute approximate surface area is 60.5 Å². The van der Waals surface area contributed by atoms with E-state index in [2.05, 4.69) is 6.92 Å². The molecule has 1 aromatic carbocycles. The van der Waals surface area contributed by atoms with Gasteiger partial charge in [0.25, 0.3) is 0 Å². The predicted octanol–water partition coefficient (Wildman–Crippen LogP) is 2.61. The fourth-order valence-electron chi connectivity index (χ4n) is 0.628. The Bertz CT molecular complexity index is 176. The third kappa shape index (κ3) is 1.72. The van der Waals surface area contributed by atoms with Crippen LogP contribution < -0.4 is 0 Å². The summed E-state index contributed by atoms with van der Waals surface area (Å²) >= 11 is 5.56. The maximum atomic E-state index is 5.56. The van der Waals surface area contributed by atoms with Gasteiger partial charge in [-0.3, -0.25) is 0 Å². The van der Waals surface area contributed by atoms with Gasteiger partial charge in [-0.1, -0.05) is 24.3 Å². The van der Waals surface area contributed by atoms with Crippen molar-refractivity contribution in [2.24, 2.45) is 0 Å². The van der Waals surface area contributed by atoms with Crippen LogP contribution >= 0.6 is 11.6 Å². The molecule has 1 aromatic rings. The van der Waals surface area contributed by atoms with Gasteiger partial charge in [0, 0.05) is 5.88 Å². The molecular formula is C8H8Cl. The van der Waals surface area contributed by atoms with Gasteiger partial charge in [0.15, 0.2) is 0 Å². The fourth-order valence-corrected chi connectivity index (χ4v) is 0.807. The molecule has 0 spiro atoms. The lowest BCUT2D eigenvalue weighted by Crippen LogP contribution is -1.75. The summed E-state index contributed by atoms with van der Waals surface area (Å²) in [5.74, 6) is 0.584. The van der Waals surface area contributed by atoms with E-state index in [0.29, 0.717) is 5.88 Å². The molecule has 0 bridgehead atoms. The third-order valence-corrected chi connectivity index (χ3v) is 1.49. The summed E-state index contributed by atoms with van der Waals surface area (Å²) in [6.07, 6.45) is 0. The first-order valence-corrected chi connectivity index (χ1v) is 3.33. The molecule has 0 saturated carbocycles. The molecule has 0 saturated heterocycles. The molecule has 0 N–H and O–H groups in total. The maximum absolute atomic E-state index is 5.56. The van der Waals surface area contributed by atoms with Crippen molar-refractivity contribution in [1.29, 1.82) is 0 Å².